The largest absolute Gasteiger partial charge is 0.321 e. The summed E-state index contributed by atoms with van der Waals surface area (Å²) in [5.41, 5.74) is 0.230. The Morgan fingerprint density at radius 2 is 1.65 bits per heavy atom. The van der Waals surface area contributed by atoms with Gasteiger partial charge in [0.05, 0.1) is 20.5 Å². The SMILES string of the molecule is CN(C)S(=O)(=O)c1cccc(C(=O)Nc2cc(S(=O)(=O)N3CCCCC3)ccc2Cl)c1. The molecule has 2 aromatic rings. The van der Waals surface area contributed by atoms with Gasteiger partial charge in [0.1, 0.15) is 0 Å². The van der Waals surface area contributed by atoms with E-state index in [2.05, 4.69) is 5.32 Å². The van der Waals surface area contributed by atoms with Gasteiger partial charge in [0.15, 0.2) is 0 Å². The molecule has 0 aliphatic carbocycles. The average molecular weight is 486 g/mol. The lowest BCUT2D eigenvalue weighted by Crippen LogP contribution is -2.35. The van der Waals surface area contributed by atoms with Crippen LogP contribution >= 0.6 is 11.6 Å². The zero-order valence-electron chi connectivity index (χ0n) is 17.2. The smallest absolute Gasteiger partial charge is 0.255 e. The molecular weight excluding hydrogens is 462 g/mol. The molecule has 1 aliphatic rings. The standard InChI is InChI=1S/C20H24ClN3O5S2/c1-23(2)30(26,27)16-8-6-7-15(13-16)20(25)22-19-14-17(9-10-18(19)21)31(28,29)24-11-4-3-5-12-24/h6-10,13-14H,3-5,11-12H2,1-2H3,(H,22,25). The number of sulfonamides is 2. The van der Waals surface area contributed by atoms with E-state index in [1.165, 1.54) is 60.9 Å². The highest BCUT2D eigenvalue weighted by atomic mass is 35.5. The van der Waals surface area contributed by atoms with Gasteiger partial charge < -0.3 is 5.32 Å². The molecule has 3 rings (SSSR count). The van der Waals surface area contributed by atoms with Gasteiger partial charge in [-0.2, -0.15) is 4.31 Å². The Bertz CT molecular complexity index is 1190. The average Bonchev–Trinajstić information content (AvgIpc) is 2.75. The molecule has 2 aromatic carbocycles. The highest BCUT2D eigenvalue weighted by Gasteiger charge is 2.27. The van der Waals surface area contributed by atoms with Gasteiger partial charge in [-0.15, -0.1) is 0 Å². The molecule has 0 radical (unpaired) electrons. The maximum atomic E-state index is 12.9. The van der Waals surface area contributed by atoms with Crippen LogP contribution in [0.2, 0.25) is 5.02 Å². The number of nitrogens with one attached hydrogen (secondary N) is 1. The second-order valence-electron chi connectivity index (χ2n) is 7.38. The maximum absolute atomic E-state index is 12.9. The molecule has 1 amide bonds. The second-order valence-corrected chi connectivity index (χ2v) is 11.9. The Morgan fingerprint density at radius 3 is 2.29 bits per heavy atom. The van der Waals surface area contributed by atoms with Crippen LogP contribution < -0.4 is 5.32 Å². The number of nitrogens with zero attached hydrogens (tertiary/aromatic N) is 2. The van der Waals surface area contributed by atoms with Crippen LogP contribution in [0, 0.1) is 0 Å². The Balaban J connectivity index is 1.88. The van der Waals surface area contributed by atoms with E-state index < -0.39 is 26.0 Å². The minimum Gasteiger partial charge on any atom is -0.321 e. The Morgan fingerprint density at radius 1 is 0.968 bits per heavy atom. The fourth-order valence-electron chi connectivity index (χ4n) is 3.22. The van der Waals surface area contributed by atoms with E-state index in [0.717, 1.165) is 23.6 Å². The van der Waals surface area contributed by atoms with E-state index in [0.29, 0.717) is 13.1 Å². The van der Waals surface area contributed by atoms with E-state index in [9.17, 15) is 21.6 Å². The first-order chi connectivity index (χ1) is 14.5. The van der Waals surface area contributed by atoms with E-state index in [4.69, 9.17) is 11.6 Å². The van der Waals surface area contributed by atoms with Crippen LogP contribution in [0.1, 0.15) is 29.6 Å². The van der Waals surface area contributed by atoms with Crippen molar-refractivity contribution in [2.75, 3.05) is 32.5 Å². The summed E-state index contributed by atoms with van der Waals surface area (Å²) in [7, 11) is -4.61. The van der Waals surface area contributed by atoms with Crippen LogP contribution in [-0.2, 0) is 20.0 Å². The third kappa shape index (κ3) is 5.09. The zero-order valence-corrected chi connectivity index (χ0v) is 19.6. The summed E-state index contributed by atoms with van der Waals surface area (Å²) in [4.78, 5) is 12.7. The lowest BCUT2D eigenvalue weighted by atomic mass is 10.2. The molecule has 0 atom stereocenters. The fourth-order valence-corrected chi connectivity index (χ4v) is 5.87. The predicted octanol–water partition coefficient (Wildman–Crippen LogP) is 3.02. The van der Waals surface area contributed by atoms with Crippen molar-refractivity contribution in [1.29, 1.82) is 0 Å². The second kappa shape index (κ2) is 9.25. The summed E-state index contributed by atoms with van der Waals surface area (Å²) in [6, 6.07) is 9.73. The van der Waals surface area contributed by atoms with Crippen LogP contribution in [0.4, 0.5) is 5.69 Å². The third-order valence-corrected chi connectivity index (χ3v) is 9.05. The summed E-state index contributed by atoms with van der Waals surface area (Å²) >= 11 is 6.18. The molecule has 1 heterocycles. The molecule has 168 valence electrons. The lowest BCUT2D eigenvalue weighted by Gasteiger charge is -2.26. The van der Waals surface area contributed by atoms with Crippen molar-refractivity contribution < 1.29 is 21.6 Å². The number of carbonyl (C=O) groups excluding carboxylic acids is 1. The summed E-state index contributed by atoms with van der Waals surface area (Å²) in [6.45, 7) is 0.916. The molecule has 0 saturated carbocycles. The summed E-state index contributed by atoms with van der Waals surface area (Å²) < 4.78 is 53.0. The van der Waals surface area contributed by atoms with Gasteiger partial charge >= 0.3 is 0 Å². The molecule has 0 spiro atoms. The van der Waals surface area contributed by atoms with Crippen molar-refractivity contribution in [1.82, 2.24) is 8.61 Å². The molecule has 0 bridgehead atoms. The third-order valence-electron chi connectivity index (χ3n) is 5.01. The summed E-state index contributed by atoms with van der Waals surface area (Å²) in [6.07, 6.45) is 2.61. The van der Waals surface area contributed by atoms with Gasteiger partial charge in [-0.3, -0.25) is 4.79 Å². The number of amides is 1. The van der Waals surface area contributed by atoms with Crippen LogP contribution in [0.15, 0.2) is 52.3 Å². The van der Waals surface area contributed by atoms with Crippen molar-refractivity contribution in [3.05, 3.63) is 53.1 Å². The Labute approximate surface area is 187 Å². The minimum absolute atomic E-state index is 0.0299. The Kier molecular flexibility index (Phi) is 7.07. The number of anilines is 1. The quantitative estimate of drug-likeness (QED) is 0.677. The molecule has 11 heteroatoms. The first kappa shape index (κ1) is 23.7. The van der Waals surface area contributed by atoms with Crippen molar-refractivity contribution in [2.45, 2.75) is 29.1 Å². The number of hydrogen-bond donors (Lipinski definition) is 1. The van der Waals surface area contributed by atoms with Crippen molar-refractivity contribution >= 4 is 43.2 Å². The van der Waals surface area contributed by atoms with Crippen LogP contribution in [0.25, 0.3) is 0 Å². The van der Waals surface area contributed by atoms with Gasteiger partial charge in [0.25, 0.3) is 5.91 Å². The highest BCUT2D eigenvalue weighted by molar-refractivity contribution is 7.89. The van der Waals surface area contributed by atoms with Crippen molar-refractivity contribution in [3.8, 4) is 0 Å². The first-order valence-electron chi connectivity index (χ1n) is 9.67. The highest BCUT2D eigenvalue weighted by Crippen LogP contribution is 2.29. The molecular formula is C20H24ClN3O5S2. The van der Waals surface area contributed by atoms with Crippen LogP contribution in [-0.4, -0.2) is 58.5 Å². The topological polar surface area (TPSA) is 104 Å². The first-order valence-corrected chi connectivity index (χ1v) is 12.9. The molecule has 0 aromatic heterocycles. The van der Waals surface area contributed by atoms with Gasteiger partial charge in [-0.05, 0) is 49.2 Å². The molecule has 0 unspecified atom stereocenters. The molecule has 1 saturated heterocycles. The number of benzene rings is 2. The fraction of sp³-hybridized carbons (Fsp3) is 0.350. The van der Waals surface area contributed by atoms with Crippen molar-refractivity contribution in [3.63, 3.8) is 0 Å². The molecule has 1 N–H and O–H groups in total. The molecule has 31 heavy (non-hydrogen) atoms. The number of carbonyl (C=O) groups is 1. The van der Waals surface area contributed by atoms with Crippen molar-refractivity contribution in [2.24, 2.45) is 0 Å². The van der Waals surface area contributed by atoms with E-state index in [1.807, 2.05) is 0 Å². The minimum atomic E-state index is -3.71. The summed E-state index contributed by atoms with van der Waals surface area (Å²) in [5.74, 6) is -0.606. The van der Waals surface area contributed by atoms with Crippen LogP contribution in [0.3, 0.4) is 0 Å². The van der Waals surface area contributed by atoms with Gasteiger partial charge in [0, 0.05) is 32.7 Å². The Hall–Kier alpha value is -1.98. The van der Waals surface area contributed by atoms with E-state index in [-0.39, 0.29) is 26.1 Å². The number of hydrogen-bond acceptors (Lipinski definition) is 5. The summed E-state index contributed by atoms with van der Waals surface area (Å²) in [5, 5.41) is 2.76. The van der Waals surface area contributed by atoms with Crippen LogP contribution in [0.5, 0.6) is 0 Å². The normalized spacial score (nSPS) is 15.7. The predicted molar refractivity (Wildman–Crippen MR) is 119 cm³/mol. The maximum Gasteiger partial charge on any atom is 0.255 e. The molecule has 8 nitrogen and oxygen atoms in total. The number of rotatable bonds is 6. The van der Waals surface area contributed by atoms with Gasteiger partial charge in [0.2, 0.25) is 20.0 Å². The van der Waals surface area contributed by atoms with E-state index >= 15 is 0 Å². The number of piperidine rings is 1. The molecule has 1 fully saturated rings. The van der Waals surface area contributed by atoms with E-state index in [1.54, 1.807) is 0 Å². The number of halogens is 1. The molecule has 1 aliphatic heterocycles. The zero-order chi connectivity index (χ0) is 22.8. The van der Waals surface area contributed by atoms with Gasteiger partial charge in [-0.1, -0.05) is 24.1 Å². The monoisotopic (exact) mass is 485 g/mol. The lowest BCUT2D eigenvalue weighted by molar-refractivity contribution is 0.102. The van der Waals surface area contributed by atoms with Gasteiger partial charge in [-0.25, -0.2) is 21.1 Å².